The first-order valence-electron chi connectivity index (χ1n) is 5.82. The molecule has 0 fully saturated rings. The molecular weight excluding hydrogens is 343 g/mol. The van der Waals surface area contributed by atoms with Gasteiger partial charge >= 0.3 is 0 Å². The largest absolute Gasteiger partial charge is 0.320 e. The molecule has 0 aliphatic rings. The molecule has 0 bridgehead atoms. The number of halogens is 2. The van der Waals surface area contributed by atoms with Crippen molar-refractivity contribution in [1.29, 1.82) is 0 Å². The molecular formula is C11H18ClFN2O4S2. The molecule has 0 aromatic heterocycles. The summed E-state index contributed by atoms with van der Waals surface area (Å²) >= 11 is 0. The van der Waals surface area contributed by atoms with Crippen molar-refractivity contribution < 1.29 is 21.2 Å². The maximum Gasteiger partial charge on any atom is 0.240 e. The van der Waals surface area contributed by atoms with Gasteiger partial charge < -0.3 is 5.32 Å². The van der Waals surface area contributed by atoms with Gasteiger partial charge in [-0.15, -0.1) is 12.4 Å². The lowest BCUT2D eigenvalue weighted by atomic mass is 10.3. The molecule has 0 atom stereocenters. The highest BCUT2D eigenvalue weighted by molar-refractivity contribution is 7.90. The molecule has 122 valence electrons. The zero-order chi connectivity index (χ0) is 15.4. The van der Waals surface area contributed by atoms with Crippen molar-refractivity contribution in [2.75, 3.05) is 26.4 Å². The van der Waals surface area contributed by atoms with E-state index < -0.39 is 30.6 Å². The fourth-order valence-electron chi connectivity index (χ4n) is 1.50. The Morgan fingerprint density at radius 1 is 1.14 bits per heavy atom. The van der Waals surface area contributed by atoms with Crippen molar-refractivity contribution >= 4 is 32.3 Å². The minimum Gasteiger partial charge on any atom is -0.320 e. The van der Waals surface area contributed by atoms with Crippen LogP contribution in [0, 0.1) is 5.82 Å². The predicted octanol–water partition coefficient (Wildman–Crippen LogP) is 0.539. The van der Waals surface area contributed by atoms with E-state index in [-0.39, 0.29) is 23.8 Å². The smallest absolute Gasteiger partial charge is 0.240 e. The van der Waals surface area contributed by atoms with Gasteiger partial charge in [-0.25, -0.2) is 25.9 Å². The molecule has 0 aliphatic heterocycles. The maximum absolute atomic E-state index is 13.6. The minimum atomic E-state index is -3.84. The monoisotopic (exact) mass is 360 g/mol. The summed E-state index contributed by atoms with van der Waals surface area (Å²) in [7, 11) is -5.81. The normalized spacial score (nSPS) is 12.0. The average molecular weight is 361 g/mol. The number of sulfonamides is 1. The Bertz CT molecular complexity index is 677. The molecule has 0 heterocycles. The summed E-state index contributed by atoms with van der Waals surface area (Å²) < 4.78 is 62.2. The van der Waals surface area contributed by atoms with Crippen LogP contribution in [0.4, 0.5) is 4.39 Å². The van der Waals surface area contributed by atoms with Crippen LogP contribution in [0.25, 0.3) is 0 Å². The van der Waals surface area contributed by atoms with E-state index in [0.717, 1.165) is 18.4 Å². The van der Waals surface area contributed by atoms with E-state index in [0.29, 0.717) is 19.0 Å². The zero-order valence-corrected chi connectivity index (χ0v) is 14.0. The summed E-state index contributed by atoms with van der Waals surface area (Å²) in [5.74, 6) is -1.08. The van der Waals surface area contributed by atoms with Crippen LogP contribution in [0.1, 0.15) is 6.42 Å². The molecule has 0 amide bonds. The van der Waals surface area contributed by atoms with Gasteiger partial charge in [0.1, 0.15) is 10.7 Å². The fourth-order valence-corrected chi connectivity index (χ4v) is 3.32. The lowest BCUT2D eigenvalue weighted by molar-refractivity contribution is 0.559. The van der Waals surface area contributed by atoms with E-state index in [9.17, 15) is 21.2 Å². The third-order valence-electron chi connectivity index (χ3n) is 2.51. The quantitative estimate of drug-likeness (QED) is 0.692. The van der Waals surface area contributed by atoms with Crippen molar-refractivity contribution in [1.82, 2.24) is 10.0 Å². The van der Waals surface area contributed by atoms with E-state index in [2.05, 4.69) is 10.0 Å². The highest BCUT2D eigenvalue weighted by Crippen LogP contribution is 2.18. The molecule has 0 saturated carbocycles. The number of hydrogen-bond donors (Lipinski definition) is 2. The summed E-state index contributed by atoms with van der Waals surface area (Å²) in [6, 6.07) is 2.73. The Kier molecular flexibility index (Phi) is 7.76. The van der Waals surface area contributed by atoms with Crippen LogP contribution in [0.15, 0.2) is 28.0 Å². The van der Waals surface area contributed by atoms with E-state index in [4.69, 9.17) is 0 Å². The summed E-state index contributed by atoms with van der Waals surface area (Å²) in [6.45, 7) is 0.850. The molecule has 1 rings (SSSR count). The highest BCUT2D eigenvalue weighted by atomic mass is 35.5. The molecule has 1 aromatic carbocycles. The Morgan fingerprint density at radius 3 is 2.24 bits per heavy atom. The van der Waals surface area contributed by atoms with Crippen molar-refractivity contribution in [2.45, 2.75) is 16.2 Å². The maximum atomic E-state index is 13.6. The Morgan fingerprint density at radius 2 is 1.76 bits per heavy atom. The molecule has 10 heteroatoms. The van der Waals surface area contributed by atoms with Gasteiger partial charge in [0, 0.05) is 12.8 Å². The van der Waals surface area contributed by atoms with Crippen molar-refractivity contribution in [3.8, 4) is 0 Å². The Balaban J connectivity index is 0.00000400. The second-order valence-corrected chi connectivity index (χ2v) is 7.97. The van der Waals surface area contributed by atoms with E-state index in [1.54, 1.807) is 7.05 Å². The molecule has 6 nitrogen and oxygen atoms in total. The minimum absolute atomic E-state index is 0. The first-order valence-corrected chi connectivity index (χ1v) is 9.20. The van der Waals surface area contributed by atoms with E-state index >= 15 is 0 Å². The lowest BCUT2D eigenvalue weighted by Gasteiger charge is -2.08. The van der Waals surface area contributed by atoms with Gasteiger partial charge in [0.05, 0.1) is 4.90 Å². The first-order chi connectivity index (χ1) is 9.18. The van der Waals surface area contributed by atoms with Crippen LogP contribution < -0.4 is 10.0 Å². The van der Waals surface area contributed by atoms with Crippen molar-refractivity contribution in [3.63, 3.8) is 0 Å². The summed E-state index contributed by atoms with van der Waals surface area (Å²) in [5, 5.41) is 2.87. The first kappa shape index (κ1) is 20.3. The number of nitrogens with one attached hydrogen (secondary N) is 2. The fraction of sp³-hybridized carbons (Fsp3) is 0.455. The van der Waals surface area contributed by atoms with Crippen molar-refractivity contribution in [2.24, 2.45) is 0 Å². The van der Waals surface area contributed by atoms with Gasteiger partial charge in [-0.3, -0.25) is 0 Å². The van der Waals surface area contributed by atoms with Gasteiger partial charge in [-0.2, -0.15) is 0 Å². The van der Waals surface area contributed by atoms with Crippen LogP contribution in [-0.4, -0.2) is 43.2 Å². The van der Waals surface area contributed by atoms with Crippen LogP contribution >= 0.6 is 12.4 Å². The average Bonchev–Trinajstić information content (AvgIpc) is 2.33. The van der Waals surface area contributed by atoms with E-state index in [1.165, 1.54) is 0 Å². The van der Waals surface area contributed by atoms with Crippen molar-refractivity contribution in [3.05, 3.63) is 24.0 Å². The SMILES string of the molecule is CNCCCNS(=O)(=O)c1ccc(S(C)(=O)=O)c(F)c1.Cl. The number of hydrogen-bond acceptors (Lipinski definition) is 5. The Labute approximate surface area is 130 Å². The summed E-state index contributed by atoms with van der Waals surface area (Å²) in [5.41, 5.74) is 0. The van der Waals surface area contributed by atoms with Crippen LogP contribution in [-0.2, 0) is 19.9 Å². The van der Waals surface area contributed by atoms with Crippen LogP contribution in [0.3, 0.4) is 0 Å². The van der Waals surface area contributed by atoms with Gasteiger partial charge in [-0.1, -0.05) is 0 Å². The second kappa shape index (κ2) is 8.04. The van der Waals surface area contributed by atoms with Gasteiger partial charge in [0.15, 0.2) is 9.84 Å². The molecule has 0 saturated heterocycles. The molecule has 0 aliphatic carbocycles. The third kappa shape index (κ3) is 5.87. The lowest BCUT2D eigenvalue weighted by Crippen LogP contribution is -2.27. The molecule has 2 N–H and O–H groups in total. The summed E-state index contributed by atoms with van der Waals surface area (Å²) in [6.07, 6.45) is 1.44. The van der Waals surface area contributed by atoms with Crippen LogP contribution in [0.5, 0.6) is 0 Å². The number of sulfone groups is 1. The van der Waals surface area contributed by atoms with Crippen LogP contribution in [0.2, 0.25) is 0 Å². The molecule has 0 unspecified atom stereocenters. The molecule has 0 radical (unpaired) electrons. The highest BCUT2D eigenvalue weighted by Gasteiger charge is 2.19. The topological polar surface area (TPSA) is 92.3 Å². The van der Waals surface area contributed by atoms with Gasteiger partial charge in [-0.05, 0) is 38.2 Å². The number of rotatable bonds is 7. The second-order valence-electron chi connectivity index (χ2n) is 4.22. The molecule has 21 heavy (non-hydrogen) atoms. The Hall–Kier alpha value is -0.740. The van der Waals surface area contributed by atoms with Gasteiger partial charge in [0.25, 0.3) is 0 Å². The molecule has 0 spiro atoms. The summed E-state index contributed by atoms with van der Waals surface area (Å²) in [4.78, 5) is -0.821. The van der Waals surface area contributed by atoms with E-state index in [1.807, 2.05) is 0 Å². The third-order valence-corrected chi connectivity index (χ3v) is 5.10. The molecule has 1 aromatic rings. The predicted molar refractivity (Wildman–Crippen MR) is 80.5 cm³/mol. The zero-order valence-electron chi connectivity index (χ0n) is 11.6. The van der Waals surface area contributed by atoms with Gasteiger partial charge in [0.2, 0.25) is 10.0 Å². The standard InChI is InChI=1S/C11H17FN2O4S2.ClH/c1-13-6-3-7-14-20(17,18)9-4-5-11(10(12)8-9)19(2,15)16;/h4-5,8,13-14H,3,6-7H2,1-2H3;1H. The number of benzene rings is 1.